The van der Waals surface area contributed by atoms with Gasteiger partial charge in [0.25, 0.3) is 0 Å². The topological polar surface area (TPSA) is 142 Å². The van der Waals surface area contributed by atoms with Gasteiger partial charge in [-0.05, 0) is 31.8 Å². The molecule has 0 saturated carbocycles. The summed E-state index contributed by atoms with van der Waals surface area (Å²) in [4.78, 5) is 1.74. The van der Waals surface area contributed by atoms with Gasteiger partial charge in [0.1, 0.15) is 6.07 Å². The standard InChI is InChI=1S/C14H20N6O2/c1-20(2)12(8-21)13(22)9-3-5-10(6-4-9)18-19-11(7-15)14(16)17/h3-6,12-13,18,21-22H,8H2,1-2H3,(H3,16,17)/b19-11+. The van der Waals surface area contributed by atoms with E-state index in [1.54, 1.807) is 49.3 Å². The molecule has 0 amide bonds. The monoisotopic (exact) mass is 304 g/mol. The summed E-state index contributed by atoms with van der Waals surface area (Å²) in [5.74, 6) is -0.418. The van der Waals surface area contributed by atoms with E-state index in [9.17, 15) is 10.2 Å². The van der Waals surface area contributed by atoms with E-state index in [0.29, 0.717) is 11.3 Å². The van der Waals surface area contributed by atoms with Crippen LogP contribution in [-0.2, 0) is 0 Å². The fraction of sp³-hybridized carbons (Fsp3) is 0.357. The third kappa shape index (κ3) is 4.53. The average Bonchev–Trinajstić information content (AvgIpc) is 2.48. The predicted octanol–water partition coefficient (Wildman–Crippen LogP) is -0.130. The summed E-state index contributed by atoms with van der Waals surface area (Å²) in [5, 5.41) is 39.1. The van der Waals surface area contributed by atoms with Crippen LogP contribution in [0.15, 0.2) is 29.4 Å². The highest BCUT2D eigenvalue weighted by atomic mass is 16.3. The Kier molecular flexibility index (Phi) is 6.47. The van der Waals surface area contributed by atoms with Crippen molar-refractivity contribution in [3.8, 4) is 6.07 Å². The third-order valence-corrected chi connectivity index (χ3v) is 3.12. The van der Waals surface area contributed by atoms with Crippen molar-refractivity contribution in [3.63, 3.8) is 0 Å². The lowest BCUT2D eigenvalue weighted by molar-refractivity contribution is 0.0390. The van der Waals surface area contributed by atoms with Crippen LogP contribution in [-0.4, -0.2) is 53.4 Å². The zero-order chi connectivity index (χ0) is 16.7. The Hall–Kier alpha value is -2.47. The van der Waals surface area contributed by atoms with Gasteiger partial charge >= 0.3 is 0 Å². The summed E-state index contributed by atoms with van der Waals surface area (Å²) < 4.78 is 0. The van der Waals surface area contributed by atoms with Gasteiger partial charge in [0.2, 0.25) is 5.71 Å². The molecule has 1 aromatic carbocycles. The van der Waals surface area contributed by atoms with Gasteiger partial charge in [0.15, 0.2) is 5.84 Å². The first kappa shape index (κ1) is 17.6. The van der Waals surface area contributed by atoms with Crippen LogP contribution in [0, 0.1) is 16.7 Å². The van der Waals surface area contributed by atoms with E-state index in [-0.39, 0.29) is 12.3 Å². The van der Waals surface area contributed by atoms with Crippen molar-refractivity contribution in [3.05, 3.63) is 29.8 Å². The number of nitrogens with zero attached hydrogens (tertiary/aromatic N) is 3. The molecule has 1 aromatic rings. The number of hydrogen-bond donors (Lipinski definition) is 5. The number of amidine groups is 1. The zero-order valence-corrected chi connectivity index (χ0v) is 12.5. The van der Waals surface area contributed by atoms with Crippen LogP contribution in [0.25, 0.3) is 0 Å². The first-order chi connectivity index (χ1) is 10.4. The Labute approximate surface area is 129 Å². The molecular formula is C14H20N6O2. The SMILES string of the molecule is CN(C)C(CO)C(O)c1ccc(N/N=C(\C#N)C(=N)N)cc1. The van der Waals surface area contributed by atoms with E-state index < -0.39 is 18.0 Å². The van der Waals surface area contributed by atoms with Gasteiger partial charge in [-0.1, -0.05) is 12.1 Å². The maximum atomic E-state index is 10.2. The first-order valence-electron chi connectivity index (χ1n) is 6.54. The molecule has 0 bridgehead atoms. The Bertz CT molecular complexity index is 576. The van der Waals surface area contributed by atoms with Crippen LogP contribution in [0.1, 0.15) is 11.7 Å². The molecule has 0 spiro atoms. The molecule has 2 atom stereocenters. The molecular weight excluding hydrogens is 284 g/mol. The molecule has 6 N–H and O–H groups in total. The molecule has 118 valence electrons. The Morgan fingerprint density at radius 3 is 2.45 bits per heavy atom. The van der Waals surface area contributed by atoms with Crippen molar-refractivity contribution in [2.24, 2.45) is 10.8 Å². The van der Waals surface area contributed by atoms with Gasteiger partial charge in [-0.25, -0.2) is 0 Å². The Balaban J connectivity index is 2.83. The quantitative estimate of drug-likeness (QED) is 0.270. The van der Waals surface area contributed by atoms with Crippen LogP contribution < -0.4 is 11.2 Å². The van der Waals surface area contributed by atoms with Gasteiger partial charge < -0.3 is 20.8 Å². The second-order valence-corrected chi connectivity index (χ2v) is 4.88. The smallest absolute Gasteiger partial charge is 0.201 e. The highest BCUT2D eigenvalue weighted by Crippen LogP contribution is 2.21. The molecule has 8 heteroatoms. The highest BCUT2D eigenvalue weighted by molar-refractivity contribution is 6.45. The van der Waals surface area contributed by atoms with E-state index in [2.05, 4.69) is 10.5 Å². The van der Waals surface area contributed by atoms with Crippen molar-refractivity contribution in [2.45, 2.75) is 12.1 Å². The molecule has 0 radical (unpaired) electrons. The normalized spacial score (nSPS) is 14.3. The van der Waals surface area contributed by atoms with E-state index in [0.717, 1.165) is 0 Å². The van der Waals surface area contributed by atoms with Crippen LogP contribution in [0.3, 0.4) is 0 Å². The van der Waals surface area contributed by atoms with Gasteiger partial charge in [0.05, 0.1) is 24.4 Å². The number of aliphatic hydroxyl groups excluding tert-OH is 2. The lowest BCUT2D eigenvalue weighted by Gasteiger charge is -2.27. The first-order valence-corrected chi connectivity index (χ1v) is 6.54. The maximum Gasteiger partial charge on any atom is 0.201 e. The molecule has 0 aliphatic heterocycles. The van der Waals surface area contributed by atoms with Crippen LogP contribution in [0.2, 0.25) is 0 Å². The van der Waals surface area contributed by atoms with Crippen LogP contribution in [0.4, 0.5) is 5.69 Å². The summed E-state index contributed by atoms with van der Waals surface area (Å²) in [6.45, 7) is -0.164. The number of hydrogen-bond acceptors (Lipinski definition) is 7. The van der Waals surface area contributed by atoms with Crippen molar-refractivity contribution < 1.29 is 10.2 Å². The minimum atomic E-state index is -0.829. The van der Waals surface area contributed by atoms with E-state index >= 15 is 0 Å². The van der Waals surface area contributed by atoms with E-state index in [1.165, 1.54) is 0 Å². The maximum absolute atomic E-state index is 10.2. The highest BCUT2D eigenvalue weighted by Gasteiger charge is 2.21. The number of aliphatic hydroxyl groups is 2. The molecule has 0 fully saturated rings. The molecule has 2 unspecified atom stereocenters. The average molecular weight is 304 g/mol. The van der Waals surface area contributed by atoms with Gasteiger partial charge in [-0.15, -0.1) is 0 Å². The Morgan fingerprint density at radius 1 is 1.45 bits per heavy atom. The number of nitrogens with one attached hydrogen (secondary N) is 2. The number of hydrazone groups is 1. The summed E-state index contributed by atoms with van der Waals surface area (Å²) in [5.41, 5.74) is 8.81. The number of rotatable bonds is 7. The molecule has 0 saturated heterocycles. The van der Waals surface area contributed by atoms with Crippen LogP contribution in [0.5, 0.6) is 0 Å². The molecule has 0 aliphatic rings. The zero-order valence-electron chi connectivity index (χ0n) is 12.5. The molecule has 0 heterocycles. The number of benzene rings is 1. The number of likely N-dealkylation sites (N-methyl/N-ethyl adjacent to an activating group) is 1. The fourth-order valence-electron chi connectivity index (χ4n) is 1.79. The summed E-state index contributed by atoms with van der Waals surface area (Å²) in [6.07, 6.45) is -0.829. The minimum Gasteiger partial charge on any atom is -0.395 e. The summed E-state index contributed by atoms with van der Waals surface area (Å²) >= 11 is 0. The Morgan fingerprint density at radius 2 is 2.05 bits per heavy atom. The van der Waals surface area contributed by atoms with E-state index in [4.69, 9.17) is 16.4 Å². The van der Waals surface area contributed by atoms with Crippen molar-refractivity contribution in [1.82, 2.24) is 4.90 Å². The molecule has 0 aliphatic carbocycles. The minimum absolute atomic E-state index is 0.164. The predicted molar refractivity (Wildman–Crippen MR) is 84.5 cm³/mol. The fourth-order valence-corrected chi connectivity index (χ4v) is 1.79. The largest absolute Gasteiger partial charge is 0.395 e. The number of anilines is 1. The van der Waals surface area contributed by atoms with Crippen molar-refractivity contribution in [1.29, 1.82) is 10.7 Å². The second kappa shape index (κ2) is 8.09. The number of nitrogens with two attached hydrogens (primary N) is 1. The molecule has 8 nitrogen and oxygen atoms in total. The molecule has 0 aromatic heterocycles. The second-order valence-electron chi connectivity index (χ2n) is 4.88. The van der Waals surface area contributed by atoms with Crippen molar-refractivity contribution >= 4 is 17.2 Å². The molecule has 22 heavy (non-hydrogen) atoms. The van der Waals surface area contributed by atoms with Gasteiger partial charge in [-0.3, -0.25) is 10.8 Å². The van der Waals surface area contributed by atoms with Crippen LogP contribution >= 0.6 is 0 Å². The van der Waals surface area contributed by atoms with Gasteiger partial charge in [0, 0.05) is 0 Å². The number of nitriles is 1. The summed E-state index contributed by atoms with van der Waals surface area (Å²) in [6, 6.07) is 8.01. The van der Waals surface area contributed by atoms with E-state index in [1.807, 2.05) is 0 Å². The lowest BCUT2D eigenvalue weighted by atomic mass is 10.0. The third-order valence-electron chi connectivity index (χ3n) is 3.12. The molecule has 1 rings (SSSR count). The van der Waals surface area contributed by atoms with Gasteiger partial charge in [-0.2, -0.15) is 10.4 Å². The summed E-state index contributed by atoms with van der Waals surface area (Å²) in [7, 11) is 3.56. The van der Waals surface area contributed by atoms with Crippen molar-refractivity contribution in [2.75, 3.05) is 26.1 Å². The lowest BCUT2D eigenvalue weighted by Crippen LogP contribution is -2.37.